The summed E-state index contributed by atoms with van der Waals surface area (Å²) in [6.07, 6.45) is 1.72. The van der Waals surface area contributed by atoms with Gasteiger partial charge in [0.1, 0.15) is 11.1 Å². The first-order valence-corrected chi connectivity index (χ1v) is 11.6. The lowest BCUT2D eigenvalue weighted by Crippen LogP contribution is -2.27. The number of nitrogens with zero attached hydrogens (tertiary/aromatic N) is 4. The lowest BCUT2D eigenvalue weighted by atomic mass is 10.2. The SMILES string of the molecule is COc1ccc(C)cc1NC(=O)CC1CSc2nc3c(cnn3-c3cccc(C)c3)c(=O)n21. The van der Waals surface area contributed by atoms with Crippen molar-refractivity contribution in [3.8, 4) is 11.4 Å². The van der Waals surface area contributed by atoms with Crippen LogP contribution in [-0.4, -0.2) is 38.1 Å². The molecule has 8 nitrogen and oxygen atoms in total. The molecule has 0 radical (unpaired) electrons. The van der Waals surface area contributed by atoms with Crippen LogP contribution < -0.4 is 15.6 Å². The molecule has 2 aromatic heterocycles. The van der Waals surface area contributed by atoms with Gasteiger partial charge in [0.25, 0.3) is 5.56 Å². The number of ether oxygens (including phenoxy) is 1. The van der Waals surface area contributed by atoms with E-state index in [1.54, 1.807) is 22.6 Å². The molecule has 1 unspecified atom stereocenters. The van der Waals surface area contributed by atoms with Gasteiger partial charge in [0.15, 0.2) is 10.8 Å². The third kappa shape index (κ3) is 3.89. The number of aryl methyl sites for hydroxylation is 2. The summed E-state index contributed by atoms with van der Waals surface area (Å²) < 4.78 is 8.66. The van der Waals surface area contributed by atoms with Crippen LogP contribution >= 0.6 is 11.8 Å². The summed E-state index contributed by atoms with van der Waals surface area (Å²) in [5, 5.41) is 8.38. The van der Waals surface area contributed by atoms with Gasteiger partial charge in [-0.15, -0.1) is 0 Å². The van der Waals surface area contributed by atoms with Gasteiger partial charge in [-0.1, -0.05) is 30.0 Å². The molecule has 168 valence electrons. The molecule has 1 aliphatic heterocycles. The highest BCUT2D eigenvalue weighted by Crippen LogP contribution is 2.34. The Kier molecular flexibility index (Phi) is 5.41. The van der Waals surface area contributed by atoms with Crippen LogP contribution in [0, 0.1) is 13.8 Å². The maximum Gasteiger partial charge on any atom is 0.265 e. The molecule has 0 saturated heterocycles. The van der Waals surface area contributed by atoms with Crippen molar-refractivity contribution in [2.45, 2.75) is 31.5 Å². The molecule has 0 spiro atoms. The summed E-state index contributed by atoms with van der Waals surface area (Å²) in [6, 6.07) is 13.2. The number of thioether (sulfide) groups is 1. The van der Waals surface area contributed by atoms with Crippen molar-refractivity contribution in [3.63, 3.8) is 0 Å². The number of anilines is 1. The zero-order chi connectivity index (χ0) is 23.1. The first-order chi connectivity index (χ1) is 15.9. The Morgan fingerprint density at radius 1 is 1.21 bits per heavy atom. The van der Waals surface area contributed by atoms with E-state index in [0.29, 0.717) is 33.4 Å². The van der Waals surface area contributed by atoms with Crippen molar-refractivity contribution in [1.29, 1.82) is 0 Å². The predicted molar refractivity (Wildman–Crippen MR) is 129 cm³/mol. The summed E-state index contributed by atoms with van der Waals surface area (Å²) in [5.41, 5.74) is 3.94. The Hall–Kier alpha value is -3.59. The fourth-order valence-corrected chi connectivity index (χ4v) is 5.19. The smallest absolute Gasteiger partial charge is 0.265 e. The Bertz CT molecular complexity index is 1440. The highest BCUT2D eigenvalue weighted by molar-refractivity contribution is 7.99. The Labute approximate surface area is 194 Å². The highest BCUT2D eigenvalue weighted by Gasteiger charge is 2.30. The number of aromatic nitrogens is 4. The van der Waals surface area contributed by atoms with Crippen LogP contribution in [0.25, 0.3) is 16.7 Å². The van der Waals surface area contributed by atoms with Gasteiger partial charge in [-0.25, -0.2) is 9.67 Å². The second-order valence-corrected chi connectivity index (χ2v) is 9.11. The molecular weight excluding hydrogens is 438 g/mol. The number of carbonyl (C=O) groups excluding carboxylic acids is 1. The summed E-state index contributed by atoms with van der Waals surface area (Å²) >= 11 is 1.48. The molecule has 1 N–H and O–H groups in total. The maximum absolute atomic E-state index is 13.3. The minimum Gasteiger partial charge on any atom is -0.495 e. The zero-order valence-corrected chi connectivity index (χ0v) is 19.3. The molecule has 0 saturated carbocycles. The summed E-state index contributed by atoms with van der Waals surface area (Å²) in [7, 11) is 1.57. The van der Waals surface area contributed by atoms with Gasteiger partial charge in [-0.2, -0.15) is 5.10 Å². The van der Waals surface area contributed by atoms with Crippen molar-refractivity contribution in [2.24, 2.45) is 0 Å². The van der Waals surface area contributed by atoms with E-state index < -0.39 is 0 Å². The van der Waals surface area contributed by atoms with E-state index in [0.717, 1.165) is 16.8 Å². The monoisotopic (exact) mass is 461 g/mol. The molecule has 33 heavy (non-hydrogen) atoms. The van der Waals surface area contributed by atoms with Gasteiger partial charge in [0.2, 0.25) is 5.91 Å². The summed E-state index contributed by atoms with van der Waals surface area (Å²) in [5.74, 6) is 1.02. The molecule has 5 rings (SSSR count). The molecule has 1 aliphatic rings. The highest BCUT2D eigenvalue weighted by atomic mass is 32.2. The van der Waals surface area contributed by atoms with E-state index in [1.165, 1.54) is 11.8 Å². The fourth-order valence-electron chi connectivity index (χ4n) is 4.06. The molecule has 0 bridgehead atoms. The van der Waals surface area contributed by atoms with Crippen molar-refractivity contribution in [3.05, 3.63) is 70.1 Å². The van der Waals surface area contributed by atoms with Crippen LogP contribution in [-0.2, 0) is 4.79 Å². The van der Waals surface area contributed by atoms with Crippen molar-refractivity contribution in [2.75, 3.05) is 18.2 Å². The van der Waals surface area contributed by atoms with Crippen LogP contribution in [0.3, 0.4) is 0 Å². The minimum absolute atomic E-state index is 0.163. The Morgan fingerprint density at radius 2 is 2.03 bits per heavy atom. The number of hydrogen-bond acceptors (Lipinski definition) is 6. The number of amides is 1. The van der Waals surface area contributed by atoms with Crippen molar-refractivity contribution in [1.82, 2.24) is 19.3 Å². The number of benzene rings is 2. The Morgan fingerprint density at radius 3 is 2.82 bits per heavy atom. The van der Waals surface area contributed by atoms with Crippen molar-refractivity contribution >= 4 is 34.4 Å². The lowest BCUT2D eigenvalue weighted by molar-refractivity contribution is -0.116. The first kappa shape index (κ1) is 21.3. The quantitative estimate of drug-likeness (QED) is 0.454. The zero-order valence-electron chi connectivity index (χ0n) is 18.5. The second kappa shape index (κ2) is 8.40. The molecular formula is C24H23N5O3S. The van der Waals surface area contributed by atoms with E-state index in [2.05, 4.69) is 10.4 Å². The summed E-state index contributed by atoms with van der Waals surface area (Å²) in [4.78, 5) is 30.9. The average molecular weight is 462 g/mol. The predicted octanol–water partition coefficient (Wildman–Crippen LogP) is 3.88. The third-order valence-electron chi connectivity index (χ3n) is 5.67. The van der Waals surface area contributed by atoms with Gasteiger partial charge in [-0.3, -0.25) is 14.2 Å². The largest absolute Gasteiger partial charge is 0.495 e. The van der Waals surface area contributed by atoms with E-state index in [4.69, 9.17) is 9.72 Å². The molecule has 4 aromatic rings. The number of hydrogen-bond donors (Lipinski definition) is 1. The van der Waals surface area contributed by atoms with Gasteiger partial charge in [0.05, 0.1) is 30.7 Å². The standard InChI is InChI=1S/C24H23N5O3S/c1-14-5-4-6-16(9-14)29-22-18(12-25-29)23(31)28-17(13-33-24(28)27-22)11-21(30)26-19-10-15(2)7-8-20(19)32-3/h4-10,12,17H,11,13H2,1-3H3,(H,26,30). The minimum atomic E-state index is -0.285. The van der Waals surface area contributed by atoms with Crippen LogP contribution in [0.5, 0.6) is 5.75 Å². The molecule has 9 heteroatoms. The van der Waals surface area contributed by atoms with Crippen LogP contribution in [0.2, 0.25) is 0 Å². The van der Waals surface area contributed by atoms with Crippen molar-refractivity contribution < 1.29 is 9.53 Å². The maximum atomic E-state index is 13.3. The number of fused-ring (bicyclic) bond motifs is 2. The van der Waals surface area contributed by atoms with Crippen LogP contribution in [0.15, 0.2) is 58.6 Å². The second-order valence-electron chi connectivity index (χ2n) is 8.12. The molecule has 1 atom stereocenters. The number of rotatable bonds is 5. The summed E-state index contributed by atoms with van der Waals surface area (Å²) in [6.45, 7) is 3.96. The normalized spacial score (nSPS) is 14.9. The van der Waals surface area contributed by atoms with Gasteiger partial charge < -0.3 is 10.1 Å². The molecule has 0 aliphatic carbocycles. The fraction of sp³-hybridized carbons (Fsp3) is 0.250. The molecule has 2 aromatic carbocycles. The van der Waals surface area contributed by atoms with Gasteiger partial charge >= 0.3 is 0 Å². The number of nitrogens with one attached hydrogen (secondary N) is 1. The Balaban J connectivity index is 1.44. The first-order valence-electron chi connectivity index (χ1n) is 10.6. The van der Waals surface area contributed by atoms with E-state index in [-0.39, 0.29) is 23.9 Å². The molecule has 0 fully saturated rings. The van der Waals surface area contributed by atoms with E-state index in [1.807, 2.05) is 56.3 Å². The molecule has 1 amide bonds. The topological polar surface area (TPSA) is 91.0 Å². The third-order valence-corrected chi connectivity index (χ3v) is 6.76. The number of methoxy groups -OCH3 is 1. The van der Waals surface area contributed by atoms with Crippen LogP contribution in [0.4, 0.5) is 5.69 Å². The van der Waals surface area contributed by atoms with Gasteiger partial charge in [0, 0.05) is 12.2 Å². The van der Waals surface area contributed by atoms with E-state index >= 15 is 0 Å². The number of carbonyl (C=O) groups is 1. The van der Waals surface area contributed by atoms with Crippen LogP contribution in [0.1, 0.15) is 23.6 Å². The average Bonchev–Trinajstić information content (AvgIpc) is 3.39. The van der Waals surface area contributed by atoms with Gasteiger partial charge in [-0.05, 0) is 49.2 Å². The lowest BCUT2D eigenvalue weighted by Gasteiger charge is -2.15. The molecule has 3 heterocycles. The van der Waals surface area contributed by atoms with E-state index in [9.17, 15) is 9.59 Å².